The van der Waals surface area contributed by atoms with Gasteiger partial charge in [-0.3, -0.25) is 14.0 Å². The number of nitrogens with one attached hydrogen (secondary N) is 1. The van der Waals surface area contributed by atoms with Gasteiger partial charge in [-0.2, -0.15) is 13.2 Å². The van der Waals surface area contributed by atoms with Gasteiger partial charge in [0.15, 0.2) is 11.6 Å². The molecule has 2 heterocycles. The van der Waals surface area contributed by atoms with Gasteiger partial charge in [-0.25, -0.2) is 4.98 Å². The number of thiazole rings is 1. The van der Waals surface area contributed by atoms with E-state index in [1.165, 1.54) is 46.2 Å². The number of hydrogen-bond acceptors (Lipinski definition) is 5. The van der Waals surface area contributed by atoms with E-state index in [0.717, 1.165) is 6.20 Å². The summed E-state index contributed by atoms with van der Waals surface area (Å²) >= 11 is 1.23. The van der Waals surface area contributed by atoms with Gasteiger partial charge in [0, 0.05) is 17.8 Å². The minimum Gasteiger partial charge on any atom is -0.482 e. The Morgan fingerprint density at radius 1 is 1.32 bits per heavy atom. The fourth-order valence-electron chi connectivity index (χ4n) is 2.03. The number of para-hydroxylation sites is 2. The summed E-state index contributed by atoms with van der Waals surface area (Å²) < 4.78 is 42.8. The molecule has 0 bridgehead atoms. The predicted octanol–water partition coefficient (Wildman–Crippen LogP) is 2.95. The minimum absolute atomic E-state index is 0.0200. The van der Waals surface area contributed by atoms with Crippen LogP contribution in [0.2, 0.25) is 0 Å². The molecule has 0 aliphatic heterocycles. The fraction of sp³-hybridized carbons (Fsp3) is 0.133. The highest BCUT2D eigenvalue weighted by molar-refractivity contribution is 7.15. The van der Waals surface area contributed by atoms with Crippen molar-refractivity contribution in [1.29, 1.82) is 0 Å². The fourth-order valence-corrected chi connectivity index (χ4v) is 2.70. The highest BCUT2D eigenvalue weighted by Crippen LogP contribution is 2.26. The van der Waals surface area contributed by atoms with Gasteiger partial charge in [-0.1, -0.05) is 12.1 Å². The molecule has 1 aromatic carbocycles. The molecule has 0 aliphatic rings. The third kappa shape index (κ3) is 3.79. The summed E-state index contributed by atoms with van der Waals surface area (Å²) in [5, 5.41) is 4.02. The number of rotatable bonds is 4. The van der Waals surface area contributed by atoms with Crippen LogP contribution in [0.3, 0.4) is 0 Å². The molecule has 0 aliphatic carbocycles. The SMILES string of the molecule is O=C(Nc1ccccc1OCC(F)(F)F)c1cnc2sccn2c1=O. The van der Waals surface area contributed by atoms with Crippen LogP contribution in [0.5, 0.6) is 5.75 Å². The highest BCUT2D eigenvalue weighted by atomic mass is 32.1. The Balaban J connectivity index is 1.85. The van der Waals surface area contributed by atoms with Crippen molar-refractivity contribution in [2.75, 3.05) is 11.9 Å². The molecule has 3 aromatic rings. The Labute approximate surface area is 142 Å². The highest BCUT2D eigenvalue weighted by Gasteiger charge is 2.29. The zero-order chi connectivity index (χ0) is 18.0. The molecule has 0 saturated heterocycles. The second-order valence-corrected chi connectivity index (χ2v) is 5.76. The third-order valence-electron chi connectivity index (χ3n) is 3.11. The molecule has 0 spiro atoms. The lowest BCUT2D eigenvalue weighted by atomic mass is 10.2. The van der Waals surface area contributed by atoms with Crippen molar-refractivity contribution in [3.63, 3.8) is 0 Å². The zero-order valence-electron chi connectivity index (χ0n) is 12.4. The maximum Gasteiger partial charge on any atom is 0.422 e. The van der Waals surface area contributed by atoms with Crippen LogP contribution in [-0.4, -0.2) is 28.1 Å². The van der Waals surface area contributed by atoms with Gasteiger partial charge in [0.2, 0.25) is 0 Å². The summed E-state index contributed by atoms with van der Waals surface area (Å²) in [6, 6.07) is 5.64. The van der Waals surface area contributed by atoms with Gasteiger partial charge in [0.1, 0.15) is 11.3 Å². The molecule has 0 radical (unpaired) electrons. The van der Waals surface area contributed by atoms with Gasteiger partial charge < -0.3 is 10.1 Å². The van der Waals surface area contributed by atoms with Crippen molar-refractivity contribution < 1.29 is 22.7 Å². The largest absolute Gasteiger partial charge is 0.482 e. The van der Waals surface area contributed by atoms with E-state index in [2.05, 4.69) is 15.0 Å². The van der Waals surface area contributed by atoms with Crippen molar-refractivity contribution in [1.82, 2.24) is 9.38 Å². The topological polar surface area (TPSA) is 72.7 Å². The third-order valence-corrected chi connectivity index (χ3v) is 3.88. The number of hydrogen-bond donors (Lipinski definition) is 1. The molecular formula is C15H10F3N3O3S. The summed E-state index contributed by atoms with van der Waals surface area (Å²) in [4.78, 5) is 29.0. The van der Waals surface area contributed by atoms with Crippen LogP contribution < -0.4 is 15.6 Å². The minimum atomic E-state index is -4.51. The lowest BCUT2D eigenvalue weighted by molar-refractivity contribution is -0.153. The van der Waals surface area contributed by atoms with E-state index in [4.69, 9.17) is 0 Å². The first-order valence-electron chi connectivity index (χ1n) is 6.90. The average Bonchev–Trinajstić information content (AvgIpc) is 3.03. The summed E-state index contributed by atoms with van der Waals surface area (Å²) in [7, 11) is 0. The maximum atomic E-state index is 12.3. The van der Waals surface area contributed by atoms with E-state index in [0.29, 0.717) is 4.96 Å². The zero-order valence-corrected chi connectivity index (χ0v) is 13.2. The first kappa shape index (κ1) is 17.0. The van der Waals surface area contributed by atoms with Crippen molar-refractivity contribution in [2.45, 2.75) is 6.18 Å². The lowest BCUT2D eigenvalue weighted by Gasteiger charge is -2.13. The Bertz CT molecular complexity index is 981. The standard InChI is InChI=1S/C15H10F3N3O3S/c16-15(17,18)8-24-11-4-2-1-3-10(11)20-12(22)9-7-19-14-21(13(9)23)5-6-25-14/h1-7H,8H2,(H,20,22). The average molecular weight is 369 g/mol. The van der Waals surface area contributed by atoms with E-state index in [1.54, 1.807) is 5.38 Å². The number of nitrogens with zero attached hydrogens (tertiary/aromatic N) is 2. The van der Waals surface area contributed by atoms with Crippen LogP contribution in [-0.2, 0) is 0 Å². The normalized spacial score (nSPS) is 11.5. The summed E-state index contributed by atoms with van der Waals surface area (Å²) in [5.41, 5.74) is -0.787. The summed E-state index contributed by atoms with van der Waals surface area (Å²) in [6.45, 7) is -1.50. The van der Waals surface area contributed by atoms with Crippen LogP contribution in [0, 0.1) is 0 Å². The van der Waals surface area contributed by atoms with Gasteiger partial charge in [0.05, 0.1) is 5.69 Å². The number of alkyl halides is 3. The van der Waals surface area contributed by atoms with Crippen LogP contribution in [0.4, 0.5) is 18.9 Å². The number of anilines is 1. The number of benzene rings is 1. The Kier molecular flexibility index (Phi) is 4.45. The number of ether oxygens (including phenoxy) is 1. The van der Waals surface area contributed by atoms with E-state index >= 15 is 0 Å². The van der Waals surface area contributed by atoms with Gasteiger partial charge >= 0.3 is 6.18 Å². The number of fused-ring (bicyclic) bond motifs is 1. The summed E-state index contributed by atoms with van der Waals surface area (Å²) in [6.07, 6.45) is -1.90. The maximum absolute atomic E-state index is 12.3. The number of aromatic nitrogens is 2. The van der Waals surface area contributed by atoms with Crippen molar-refractivity contribution >= 4 is 27.9 Å². The smallest absolute Gasteiger partial charge is 0.422 e. The Morgan fingerprint density at radius 2 is 2.08 bits per heavy atom. The number of amides is 1. The Hall–Kier alpha value is -2.88. The molecule has 6 nitrogen and oxygen atoms in total. The van der Waals surface area contributed by atoms with Crippen LogP contribution >= 0.6 is 11.3 Å². The molecule has 130 valence electrons. The van der Waals surface area contributed by atoms with E-state index in [1.807, 2.05) is 0 Å². The molecule has 2 aromatic heterocycles. The second-order valence-electron chi connectivity index (χ2n) is 4.89. The molecule has 3 rings (SSSR count). The molecule has 10 heteroatoms. The Morgan fingerprint density at radius 3 is 2.84 bits per heavy atom. The lowest BCUT2D eigenvalue weighted by Crippen LogP contribution is -2.26. The molecule has 0 atom stereocenters. The first-order chi connectivity index (χ1) is 11.8. The molecule has 25 heavy (non-hydrogen) atoms. The quantitative estimate of drug-likeness (QED) is 0.768. The van der Waals surface area contributed by atoms with Crippen molar-refractivity contribution in [2.24, 2.45) is 0 Å². The van der Waals surface area contributed by atoms with Gasteiger partial charge in [0.25, 0.3) is 11.5 Å². The number of carbonyl (C=O) groups excluding carboxylic acids is 1. The monoisotopic (exact) mass is 369 g/mol. The molecule has 0 unspecified atom stereocenters. The van der Waals surface area contributed by atoms with E-state index in [9.17, 15) is 22.8 Å². The number of halogens is 3. The first-order valence-corrected chi connectivity index (χ1v) is 7.78. The second kappa shape index (κ2) is 6.55. The molecule has 0 fully saturated rings. The van der Waals surface area contributed by atoms with E-state index < -0.39 is 24.2 Å². The van der Waals surface area contributed by atoms with Crippen LogP contribution in [0.25, 0.3) is 4.96 Å². The molecule has 1 amide bonds. The summed E-state index contributed by atoms with van der Waals surface area (Å²) in [5.74, 6) is -0.945. The van der Waals surface area contributed by atoms with Crippen LogP contribution in [0.15, 0.2) is 46.8 Å². The van der Waals surface area contributed by atoms with Crippen LogP contribution in [0.1, 0.15) is 10.4 Å². The van der Waals surface area contributed by atoms with Crippen molar-refractivity contribution in [3.8, 4) is 5.75 Å². The molecule has 0 saturated carbocycles. The molecular weight excluding hydrogens is 359 g/mol. The molecule has 1 N–H and O–H groups in total. The van der Waals surface area contributed by atoms with E-state index in [-0.39, 0.29) is 17.0 Å². The van der Waals surface area contributed by atoms with Crippen molar-refractivity contribution in [3.05, 3.63) is 58.0 Å². The number of carbonyl (C=O) groups is 1. The van der Waals surface area contributed by atoms with Gasteiger partial charge in [-0.15, -0.1) is 11.3 Å². The predicted molar refractivity (Wildman–Crippen MR) is 85.3 cm³/mol. The van der Waals surface area contributed by atoms with Gasteiger partial charge in [-0.05, 0) is 12.1 Å².